The molecule has 2 aliphatic heterocycles. The molecule has 0 saturated carbocycles. The second-order valence-corrected chi connectivity index (χ2v) is 6.44. The standard InChI is InChI=1S/C15H19N3O2.2ClH.V/c1-14(2)8-19-12(17-14)10-6-5-7-11(16-10)13-18-15(3,4)9-20-13;;;/h5-7H,8-9H2,1-4H3;2*1H;/q;;;+2/p-2. The topological polar surface area (TPSA) is 56.1 Å². The Labute approximate surface area is 161 Å². The largest absolute Gasteiger partial charge is 2.00 e. The number of pyridine rings is 1. The van der Waals surface area contributed by atoms with Gasteiger partial charge in [0.2, 0.25) is 11.8 Å². The maximum absolute atomic E-state index is 5.62. The molecule has 0 spiro atoms. The molecule has 0 aromatic carbocycles. The molecule has 23 heavy (non-hydrogen) atoms. The van der Waals surface area contributed by atoms with Gasteiger partial charge in [-0.3, -0.25) is 0 Å². The minimum Gasteiger partial charge on any atom is -1.00 e. The Morgan fingerprint density at radius 2 is 1.22 bits per heavy atom. The van der Waals surface area contributed by atoms with Gasteiger partial charge in [0, 0.05) is 0 Å². The van der Waals surface area contributed by atoms with Crippen LogP contribution in [0.25, 0.3) is 0 Å². The van der Waals surface area contributed by atoms with Crippen LogP contribution in [0.15, 0.2) is 28.2 Å². The van der Waals surface area contributed by atoms with Crippen molar-refractivity contribution >= 4 is 11.8 Å². The molecular formula is C15H19Cl2N3O2V. The van der Waals surface area contributed by atoms with E-state index in [-0.39, 0.29) is 54.4 Å². The van der Waals surface area contributed by atoms with Gasteiger partial charge in [-0.1, -0.05) is 6.07 Å². The Bertz CT molecular complexity index is 569. The monoisotopic (exact) mass is 394 g/mol. The molecule has 5 nitrogen and oxygen atoms in total. The zero-order chi connectivity index (χ0) is 14.4. The van der Waals surface area contributed by atoms with E-state index in [2.05, 4.69) is 15.0 Å². The maximum Gasteiger partial charge on any atom is 2.00 e. The third-order valence-electron chi connectivity index (χ3n) is 3.12. The summed E-state index contributed by atoms with van der Waals surface area (Å²) in [6.45, 7) is 9.32. The summed E-state index contributed by atoms with van der Waals surface area (Å²) in [4.78, 5) is 13.6. The summed E-state index contributed by atoms with van der Waals surface area (Å²) in [7, 11) is 0. The Kier molecular flexibility index (Phi) is 7.63. The van der Waals surface area contributed by atoms with Gasteiger partial charge in [0.05, 0.1) is 11.1 Å². The van der Waals surface area contributed by atoms with E-state index < -0.39 is 0 Å². The molecule has 2 aliphatic rings. The fourth-order valence-corrected chi connectivity index (χ4v) is 2.10. The van der Waals surface area contributed by atoms with Crippen molar-refractivity contribution in [1.82, 2.24) is 4.98 Å². The van der Waals surface area contributed by atoms with Gasteiger partial charge >= 0.3 is 18.6 Å². The van der Waals surface area contributed by atoms with E-state index >= 15 is 0 Å². The fraction of sp³-hybridized carbons (Fsp3) is 0.533. The van der Waals surface area contributed by atoms with Gasteiger partial charge in [-0.25, -0.2) is 15.0 Å². The summed E-state index contributed by atoms with van der Waals surface area (Å²) in [6.07, 6.45) is 0. The van der Waals surface area contributed by atoms with E-state index in [0.717, 1.165) is 11.4 Å². The number of hydrogen-bond donors (Lipinski definition) is 0. The van der Waals surface area contributed by atoms with Crippen LogP contribution in [0.1, 0.15) is 39.1 Å². The van der Waals surface area contributed by atoms with Crippen molar-refractivity contribution in [3.05, 3.63) is 29.6 Å². The zero-order valence-corrected chi connectivity index (χ0v) is 16.4. The first-order valence-electron chi connectivity index (χ1n) is 6.78. The SMILES string of the molecule is CC1(C)COC(c2cccc(C3=NC(C)(C)CO3)n2)=N1.[Cl-].[Cl-].[V+2]. The molecule has 125 valence electrons. The zero-order valence-electron chi connectivity index (χ0n) is 13.5. The van der Waals surface area contributed by atoms with Crippen molar-refractivity contribution in [2.24, 2.45) is 9.98 Å². The molecule has 0 atom stereocenters. The van der Waals surface area contributed by atoms with Crippen LogP contribution in [-0.4, -0.2) is 41.1 Å². The summed E-state index contributed by atoms with van der Waals surface area (Å²) in [5.74, 6) is 1.18. The average Bonchev–Trinajstić information content (AvgIpc) is 2.92. The second-order valence-electron chi connectivity index (χ2n) is 6.44. The van der Waals surface area contributed by atoms with Crippen LogP contribution in [0.5, 0.6) is 0 Å². The molecule has 1 radical (unpaired) electrons. The normalized spacial score (nSPS) is 19.8. The molecule has 1 aromatic rings. The molecule has 0 N–H and O–H groups in total. The van der Waals surface area contributed by atoms with Gasteiger partial charge < -0.3 is 34.3 Å². The minimum absolute atomic E-state index is 0. The molecule has 0 bridgehead atoms. The molecule has 0 amide bonds. The van der Waals surface area contributed by atoms with E-state index in [4.69, 9.17) is 9.47 Å². The van der Waals surface area contributed by atoms with Crippen molar-refractivity contribution in [3.63, 3.8) is 0 Å². The van der Waals surface area contributed by atoms with Crippen LogP contribution in [0, 0.1) is 0 Å². The average molecular weight is 395 g/mol. The molecule has 3 rings (SSSR count). The van der Waals surface area contributed by atoms with Gasteiger partial charge in [-0.15, -0.1) is 0 Å². The third-order valence-corrected chi connectivity index (χ3v) is 3.12. The number of halogens is 2. The van der Waals surface area contributed by atoms with E-state index in [0.29, 0.717) is 25.0 Å². The Morgan fingerprint density at radius 3 is 1.52 bits per heavy atom. The van der Waals surface area contributed by atoms with Crippen LogP contribution < -0.4 is 24.8 Å². The molecule has 0 saturated heterocycles. The van der Waals surface area contributed by atoms with Gasteiger partial charge in [0.15, 0.2) is 0 Å². The van der Waals surface area contributed by atoms with E-state index in [1.165, 1.54) is 0 Å². The Balaban J connectivity index is 0.00000161. The predicted octanol–water partition coefficient (Wildman–Crippen LogP) is -3.80. The summed E-state index contributed by atoms with van der Waals surface area (Å²) in [5, 5.41) is 0. The van der Waals surface area contributed by atoms with Crippen molar-refractivity contribution in [2.45, 2.75) is 38.8 Å². The Hall–Kier alpha value is -0.746. The van der Waals surface area contributed by atoms with Crippen LogP contribution in [-0.2, 0) is 28.0 Å². The summed E-state index contributed by atoms with van der Waals surface area (Å²) < 4.78 is 11.2. The quantitative estimate of drug-likeness (QED) is 0.517. The first-order chi connectivity index (χ1) is 9.35. The fourth-order valence-electron chi connectivity index (χ4n) is 2.10. The predicted molar refractivity (Wildman–Crippen MR) is 77.4 cm³/mol. The smallest absolute Gasteiger partial charge is 1.00 e. The number of ether oxygens (including phenoxy) is 2. The van der Waals surface area contributed by atoms with E-state index in [1.807, 2.05) is 45.9 Å². The molecule has 8 heteroatoms. The maximum atomic E-state index is 5.62. The molecule has 0 fully saturated rings. The number of nitrogens with zero attached hydrogens (tertiary/aromatic N) is 3. The van der Waals surface area contributed by atoms with Crippen LogP contribution in [0.3, 0.4) is 0 Å². The van der Waals surface area contributed by atoms with Gasteiger partial charge in [-0.05, 0) is 39.8 Å². The summed E-state index contributed by atoms with van der Waals surface area (Å²) in [6, 6.07) is 5.71. The first kappa shape index (κ1) is 22.3. The van der Waals surface area contributed by atoms with E-state index in [1.54, 1.807) is 0 Å². The van der Waals surface area contributed by atoms with Crippen LogP contribution in [0.2, 0.25) is 0 Å². The molecule has 1 aromatic heterocycles. The van der Waals surface area contributed by atoms with Crippen LogP contribution >= 0.6 is 0 Å². The molecular weight excluding hydrogens is 376 g/mol. The van der Waals surface area contributed by atoms with Gasteiger partial charge in [0.25, 0.3) is 0 Å². The van der Waals surface area contributed by atoms with Crippen molar-refractivity contribution in [3.8, 4) is 0 Å². The molecule has 3 heterocycles. The van der Waals surface area contributed by atoms with Crippen molar-refractivity contribution < 1.29 is 52.8 Å². The molecule has 0 aliphatic carbocycles. The number of rotatable bonds is 2. The second kappa shape index (κ2) is 7.88. The third kappa shape index (κ3) is 5.11. The number of aromatic nitrogens is 1. The summed E-state index contributed by atoms with van der Waals surface area (Å²) >= 11 is 0. The number of hydrogen-bond acceptors (Lipinski definition) is 5. The first-order valence-corrected chi connectivity index (χ1v) is 6.78. The van der Waals surface area contributed by atoms with Crippen molar-refractivity contribution in [1.29, 1.82) is 0 Å². The van der Waals surface area contributed by atoms with Gasteiger partial charge in [-0.2, -0.15) is 0 Å². The Morgan fingerprint density at radius 1 is 0.826 bits per heavy atom. The molecule has 0 unspecified atom stereocenters. The van der Waals surface area contributed by atoms with E-state index in [9.17, 15) is 0 Å². The van der Waals surface area contributed by atoms with Gasteiger partial charge in [0.1, 0.15) is 24.6 Å². The summed E-state index contributed by atoms with van der Waals surface area (Å²) in [5.41, 5.74) is 1.08. The van der Waals surface area contributed by atoms with Crippen LogP contribution in [0.4, 0.5) is 0 Å². The number of aliphatic imine (C=N–C) groups is 2. The van der Waals surface area contributed by atoms with Crippen molar-refractivity contribution in [2.75, 3.05) is 13.2 Å². The minimum atomic E-state index is -0.184.